The molecule has 0 atom stereocenters. The van der Waals surface area contributed by atoms with Crippen molar-refractivity contribution in [3.63, 3.8) is 0 Å². The molecule has 0 saturated heterocycles. The summed E-state index contributed by atoms with van der Waals surface area (Å²) in [6.45, 7) is 2.02. The van der Waals surface area contributed by atoms with Crippen molar-refractivity contribution in [3.05, 3.63) is 39.1 Å². The van der Waals surface area contributed by atoms with E-state index < -0.39 is 0 Å². The van der Waals surface area contributed by atoms with Crippen molar-refractivity contribution in [1.29, 1.82) is 0 Å². The molecule has 1 rings (SSSR count). The van der Waals surface area contributed by atoms with Crippen LogP contribution in [0.3, 0.4) is 0 Å². The van der Waals surface area contributed by atoms with Crippen LogP contribution in [0.2, 0.25) is 0 Å². The molecule has 0 spiro atoms. The summed E-state index contributed by atoms with van der Waals surface area (Å²) in [6.07, 6.45) is 2.07. The minimum Gasteiger partial charge on any atom is -0.0578 e. The lowest BCUT2D eigenvalue weighted by Crippen LogP contribution is -1.76. The highest BCUT2D eigenvalue weighted by atomic mass is 79.9. The van der Waals surface area contributed by atoms with Gasteiger partial charge in [-0.25, -0.2) is 0 Å². The Kier molecular flexibility index (Phi) is 2.93. The van der Waals surface area contributed by atoms with E-state index in [2.05, 4.69) is 50.4 Å². The van der Waals surface area contributed by atoms with Gasteiger partial charge >= 0.3 is 0 Å². The Bertz CT molecular complexity index is 231. The topological polar surface area (TPSA) is 0 Å². The van der Waals surface area contributed by atoms with Gasteiger partial charge in [0.1, 0.15) is 0 Å². The molecular formula is C8H7Br2. The normalized spacial score (nSPS) is 9.90. The third kappa shape index (κ3) is 1.83. The van der Waals surface area contributed by atoms with Gasteiger partial charge in [0.05, 0.1) is 0 Å². The van der Waals surface area contributed by atoms with Crippen LogP contribution in [0.4, 0.5) is 0 Å². The van der Waals surface area contributed by atoms with Gasteiger partial charge in [0, 0.05) is 8.95 Å². The van der Waals surface area contributed by atoms with Crippen molar-refractivity contribution < 1.29 is 0 Å². The second kappa shape index (κ2) is 3.54. The van der Waals surface area contributed by atoms with Crippen LogP contribution in [0, 0.1) is 6.42 Å². The fourth-order valence-electron chi connectivity index (χ4n) is 0.692. The molecule has 0 saturated carbocycles. The summed E-state index contributed by atoms with van der Waals surface area (Å²) in [4.78, 5) is 0. The smallest absolute Gasteiger partial charge is 0.0320 e. The highest BCUT2D eigenvalue weighted by Gasteiger charge is 1.95. The molecule has 1 radical (unpaired) electrons. The predicted octanol–water partition coefficient (Wildman–Crippen LogP) is 3.78. The van der Waals surface area contributed by atoms with Gasteiger partial charge in [0.25, 0.3) is 0 Å². The molecule has 0 N–H and O–H groups in total. The molecule has 2 heteroatoms. The molecule has 1 aromatic carbocycles. The number of halogens is 2. The van der Waals surface area contributed by atoms with E-state index in [9.17, 15) is 0 Å². The summed E-state index contributed by atoms with van der Waals surface area (Å²) in [5.41, 5.74) is 1.23. The zero-order chi connectivity index (χ0) is 7.56. The molecule has 0 aliphatic rings. The third-order valence-corrected chi connectivity index (χ3v) is 3.16. The number of hydrogen-bond acceptors (Lipinski definition) is 0. The molecule has 0 aromatic heterocycles. The molecule has 0 nitrogen and oxygen atoms in total. The minimum absolute atomic E-state index is 1.10. The van der Waals surface area contributed by atoms with Crippen LogP contribution in [-0.2, 0) is 0 Å². The van der Waals surface area contributed by atoms with Gasteiger partial charge in [-0.3, -0.25) is 0 Å². The zero-order valence-corrected chi connectivity index (χ0v) is 8.74. The SMILES string of the molecule is C[CH]c1ccc(Br)c(Br)c1. The van der Waals surface area contributed by atoms with E-state index in [-0.39, 0.29) is 0 Å². The van der Waals surface area contributed by atoms with Gasteiger partial charge in [0.2, 0.25) is 0 Å². The fraction of sp³-hybridized carbons (Fsp3) is 0.125. The first-order valence-electron chi connectivity index (χ1n) is 2.98. The lowest BCUT2D eigenvalue weighted by Gasteiger charge is -1.98. The molecule has 53 valence electrons. The molecule has 0 heterocycles. The van der Waals surface area contributed by atoms with Crippen LogP contribution in [0.15, 0.2) is 27.1 Å². The van der Waals surface area contributed by atoms with Gasteiger partial charge in [0.15, 0.2) is 0 Å². The Labute approximate surface area is 77.9 Å². The van der Waals surface area contributed by atoms with Crippen LogP contribution in [-0.4, -0.2) is 0 Å². The monoisotopic (exact) mass is 261 g/mol. The standard InChI is InChI=1S/C8H7Br2/c1-2-6-3-4-7(9)8(10)5-6/h2-5H,1H3. The predicted molar refractivity (Wildman–Crippen MR) is 50.9 cm³/mol. The van der Waals surface area contributed by atoms with E-state index in [1.807, 2.05) is 13.0 Å². The van der Waals surface area contributed by atoms with Crippen LogP contribution < -0.4 is 0 Å². The van der Waals surface area contributed by atoms with E-state index in [0.29, 0.717) is 0 Å². The molecular weight excluding hydrogens is 256 g/mol. The summed E-state index contributed by atoms with van der Waals surface area (Å²) in [5, 5.41) is 0. The van der Waals surface area contributed by atoms with Crippen LogP contribution in [0.1, 0.15) is 12.5 Å². The first-order valence-corrected chi connectivity index (χ1v) is 4.57. The molecule has 0 aliphatic carbocycles. The Morgan fingerprint density at radius 2 is 1.90 bits per heavy atom. The van der Waals surface area contributed by atoms with E-state index in [0.717, 1.165) is 8.95 Å². The van der Waals surface area contributed by atoms with E-state index in [1.165, 1.54) is 5.56 Å². The average molecular weight is 263 g/mol. The second-order valence-electron chi connectivity index (χ2n) is 1.96. The minimum atomic E-state index is 1.10. The van der Waals surface area contributed by atoms with E-state index >= 15 is 0 Å². The molecule has 10 heavy (non-hydrogen) atoms. The maximum Gasteiger partial charge on any atom is 0.0320 e. The molecule has 1 aromatic rings. The Morgan fingerprint density at radius 3 is 2.40 bits per heavy atom. The van der Waals surface area contributed by atoms with Gasteiger partial charge in [-0.1, -0.05) is 13.0 Å². The highest BCUT2D eigenvalue weighted by molar-refractivity contribution is 9.13. The van der Waals surface area contributed by atoms with Crippen molar-refractivity contribution in [2.75, 3.05) is 0 Å². The molecule has 0 unspecified atom stereocenters. The highest BCUT2D eigenvalue weighted by Crippen LogP contribution is 2.24. The van der Waals surface area contributed by atoms with Crippen molar-refractivity contribution >= 4 is 31.9 Å². The zero-order valence-electron chi connectivity index (χ0n) is 5.57. The summed E-state index contributed by atoms with van der Waals surface area (Å²) in [5.74, 6) is 0. The van der Waals surface area contributed by atoms with Gasteiger partial charge in [-0.05, 0) is 56.0 Å². The van der Waals surface area contributed by atoms with Crippen molar-refractivity contribution in [3.8, 4) is 0 Å². The summed E-state index contributed by atoms with van der Waals surface area (Å²) in [6, 6.07) is 6.17. The van der Waals surface area contributed by atoms with Crippen LogP contribution in [0.25, 0.3) is 0 Å². The summed E-state index contributed by atoms with van der Waals surface area (Å²) >= 11 is 6.82. The maximum absolute atomic E-state index is 3.42. The largest absolute Gasteiger partial charge is 0.0578 e. The maximum atomic E-state index is 3.42. The fourth-order valence-corrected chi connectivity index (χ4v) is 1.34. The third-order valence-electron chi connectivity index (χ3n) is 1.28. The molecule has 0 bridgehead atoms. The number of hydrogen-bond donors (Lipinski definition) is 0. The summed E-state index contributed by atoms with van der Waals surface area (Å²) in [7, 11) is 0. The average Bonchev–Trinajstić information content (AvgIpc) is 1.95. The molecule has 0 aliphatic heterocycles. The Balaban J connectivity index is 3.04. The lowest BCUT2D eigenvalue weighted by molar-refractivity contribution is 1.40. The summed E-state index contributed by atoms with van der Waals surface area (Å²) < 4.78 is 2.20. The van der Waals surface area contributed by atoms with Gasteiger partial charge in [-0.2, -0.15) is 0 Å². The quantitative estimate of drug-likeness (QED) is 0.723. The lowest BCUT2D eigenvalue weighted by atomic mass is 10.2. The van der Waals surface area contributed by atoms with E-state index in [1.54, 1.807) is 0 Å². The number of rotatable bonds is 1. The molecule has 0 amide bonds. The van der Waals surface area contributed by atoms with Gasteiger partial charge < -0.3 is 0 Å². The van der Waals surface area contributed by atoms with Gasteiger partial charge in [-0.15, -0.1) is 0 Å². The number of benzene rings is 1. The van der Waals surface area contributed by atoms with Crippen LogP contribution >= 0.6 is 31.9 Å². The first kappa shape index (κ1) is 8.28. The Morgan fingerprint density at radius 1 is 1.20 bits per heavy atom. The Hall–Kier alpha value is 0.180. The van der Waals surface area contributed by atoms with E-state index in [4.69, 9.17) is 0 Å². The van der Waals surface area contributed by atoms with Crippen molar-refractivity contribution in [2.24, 2.45) is 0 Å². The van der Waals surface area contributed by atoms with Crippen LogP contribution in [0.5, 0.6) is 0 Å². The van der Waals surface area contributed by atoms with Crippen molar-refractivity contribution in [2.45, 2.75) is 6.92 Å². The van der Waals surface area contributed by atoms with Crippen molar-refractivity contribution in [1.82, 2.24) is 0 Å². The first-order chi connectivity index (χ1) is 4.74. The molecule has 0 fully saturated rings. The second-order valence-corrected chi connectivity index (χ2v) is 3.67.